The van der Waals surface area contributed by atoms with Gasteiger partial charge in [0.2, 0.25) is 0 Å². The Hall–Kier alpha value is -1.79. The largest absolute Gasteiger partial charge is 0.369 e. The average molecular weight is 331 g/mol. The van der Waals surface area contributed by atoms with Gasteiger partial charge in [0.15, 0.2) is 0 Å². The highest BCUT2D eigenvalue weighted by Crippen LogP contribution is 2.19. The highest BCUT2D eigenvalue weighted by Gasteiger charge is 2.20. The van der Waals surface area contributed by atoms with E-state index in [0.29, 0.717) is 0 Å². The van der Waals surface area contributed by atoms with Crippen molar-refractivity contribution in [3.8, 4) is 0 Å². The van der Waals surface area contributed by atoms with Crippen molar-refractivity contribution in [2.24, 2.45) is 0 Å². The lowest BCUT2D eigenvalue weighted by Gasteiger charge is -2.34. The van der Waals surface area contributed by atoms with Gasteiger partial charge < -0.3 is 24.9 Å². The van der Waals surface area contributed by atoms with E-state index in [0.717, 1.165) is 64.6 Å². The van der Waals surface area contributed by atoms with E-state index in [2.05, 4.69) is 46.1 Å². The van der Waals surface area contributed by atoms with Crippen LogP contribution in [0.5, 0.6) is 0 Å². The third-order valence-electron chi connectivity index (χ3n) is 5.09. The predicted octanol–water partition coefficient (Wildman–Crippen LogP) is 1.61. The Morgan fingerprint density at radius 3 is 2.17 bits per heavy atom. The summed E-state index contributed by atoms with van der Waals surface area (Å²) in [6.07, 6.45) is 0. The Balaban J connectivity index is 1.51. The number of piperazine rings is 2. The fourth-order valence-electron chi connectivity index (χ4n) is 3.29. The first-order valence-electron chi connectivity index (χ1n) is 8.97. The highest BCUT2D eigenvalue weighted by molar-refractivity contribution is 5.89. The molecule has 3 rings (SSSR count). The number of amides is 2. The fraction of sp³-hybridized carbons (Fsp3) is 0.611. The van der Waals surface area contributed by atoms with Gasteiger partial charge in [-0.25, -0.2) is 4.79 Å². The number of likely N-dealkylation sites (N-methyl/N-ethyl adjacent to an activating group) is 2. The van der Waals surface area contributed by atoms with Crippen molar-refractivity contribution < 1.29 is 4.79 Å². The first-order chi connectivity index (χ1) is 11.7. The lowest BCUT2D eigenvalue weighted by atomic mass is 10.2. The summed E-state index contributed by atoms with van der Waals surface area (Å²) in [4.78, 5) is 21.4. The first-order valence-corrected chi connectivity index (χ1v) is 8.97. The molecule has 0 aliphatic carbocycles. The monoisotopic (exact) mass is 331 g/mol. The summed E-state index contributed by atoms with van der Waals surface area (Å²) >= 11 is 0. The van der Waals surface area contributed by atoms with Gasteiger partial charge in [0.1, 0.15) is 0 Å². The molecular formula is C18H29N5O. The summed E-state index contributed by atoms with van der Waals surface area (Å²) in [7, 11) is 2.16. The lowest BCUT2D eigenvalue weighted by Crippen LogP contribution is -2.49. The van der Waals surface area contributed by atoms with Gasteiger partial charge in [-0.05, 0) is 37.9 Å². The zero-order valence-corrected chi connectivity index (χ0v) is 14.9. The van der Waals surface area contributed by atoms with Gasteiger partial charge in [-0.3, -0.25) is 0 Å². The molecule has 2 aliphatic rings. The molecule has 2 amide bonds. The number of nitrogens with zero attached hydrogens (tertiary/aromatic N) is 4. The zero-order chi connectivity index (χ0) is 16.9. The van der Waals surface area contributed by atoms with Crippen molar-refractivity contribution in [3.63, 3.8) is 0 Å². The second kappa shape index (κ2) is 7.85. The normalized spacial score (nSPS) is 20.2. The molecule has 0 spiro atoms. The van der Waals surface area contributed by atoms with E-state index in [9.17, 15) is 4.79 Å². The minimum Gasteiger partial charge on any atom is -0.369 e. The summed E-state index contributed by atoms with van der Waals surface area (Å²) in [6.45, 7) is 11.1. The molecule has 2 fully saturated rings. The third-order valence-corrected chi connectivity index (χ3v) is 5.09. The molecule has 24 heavy (non-hydrogen) atoms. The van der Waals surface area contributed by atoms with Crippen LogP contribution in [0.25, 0.3) is 0 Å². The van der Waals surface area contributed by atoms with E-state index in [-0.39, 0.29) is 6.03 Å². The third kappa shape index (κ3) is 4.19. The molecule has 2 aliphatic heterocycles. The SMILES string of the molecule is CCN1CCN(C(=O)Nc2ccc(N3CCN(C)CC3)cc2)CC1. The maximum atomic E-state index is 12.4. The minimum atomic E-state index is 0.0121. The molecule has 0 saturated carbocycles. The first kappa shape index (κ1) is 17.0. The Labute approximate surface area is 145 Å². The molecule has 1 N–H and O–H groups in total. The number of anilines is 2. The van der Waals surface area contributed by atoms with E-state index in [1.807, 2.05) is 17.0 Å². The quantitative estimate of drug-likeness (QED) is 0.914. The van der Waals surface area contributed by atoms with E-state index in [1.165, 1.54) is 5.69 Å². The van der Waals surface area contributed by atoms with Crippen molar-refractivity contribution >= 4 is 17.4 Å². The van der Waals surface area contributed by atoms with E-state index < -0.39 is 0 Å². The van der Waals surface area contributed by atoms with Crippen LogP contribution in [0.4, 0.5) is 16.2 Å². The molecule has 0 radical (unpaired) electrons. The zero-order valence-electron chi connectivity index (χ0n) is 14.9. The molecule has 1 aromatic carbocycles. The molecule has 2 saturated heterocycles. The second-order valence-corrected chi connectivity index (χ2v) is 6.69. The van der Waals surface area contributed by atoms with Crippen LogP contribution in [-0.2, 0) is 0 Å². The van der Waals surface area contributed by atoms with Crippen LogP contribution in [0.3, 0.4) is 0 Å². The van der Waals surface area contributed by atoms with E-state index >= 15 is 0 Å². The molecule has 2 heterocycles. The van der Waals surface area contributed by atoms with E-state index in [4.69, 9.17) is 0 Å². The molecule has 0 aromatic heterocycles. The summed E-state index contributed by atoms with van der Waals surface area (Å²) in [5, 5.41) is 3.02. The maximum Gasteiger partial charge on any atom is 0.321 e. The average Bonchev–Trinajstić information content (AvgIpc) is 2.63. The summed E-state index contributed by atoms with van der Waals surface area (Å²) in [5.74, 6) is 0. The molecule has 1 aromatic rings. The summed E-state index contributed by atoms with van der Waals surface area (Å²) in [6, 6.07) is 8.24. The van der Waals surface area contributed by atoms with Gasteiger partial charge in [-0.1, -0.05) is 6.92 Å². The lowest BCUT2D eigenvalue weighted by molar-refractivity contribution is 0.151. The Morgan fingerprint density at radius 2 is 1.58 bits per heavy atom. The summed E-state index contributed by atoms with van der Waals surface area (Å²) in [5.41, 5.74) is 2.11. The van der Waals surface area contributed by atoms with Crippen molar-refractivity contribution in [2.75, 3.05) is 76.2 Å². The van der Waals surface area contributed by atoms with E-state index in [1.54, 1.807) is 0 Å². The highest BCUT2D eigenvalue weighted by atomic mass is 16.2. The summed E-state index contributed by atoms with van der Waals surface area (Å²) < 4.78 is 0. The molecule has 0 atom stereocenters. The topological polar surface area (TPSA) is 42.1 Å². The second-order valence-electron chi connectivity index (χ2n) is 6.69. The molecule has 0 unspecified atom stereocenters. The van der Waals surface area contributed by atoms with Gasteiger partial charge in [0.25, 0.3) is 0 Å². The number of nitrogens with one attached hydrogen (secondary N) is 1. The van der Waals surface area contributed by atoms with Crippen LogP contribution in [0.15, 0.2) is 24.3 Å². The number of hydrogen-bond donors (Lipinski definition) is 1. The fourth-order valence-corrected chi connectivity index (χ4v) is 3.29. The molecule has 132 valence electrons. The van der Waals surface area contributed by atoms with Gasteiger partial charge in [0, 0.05) is 63.7 Å². The van der Waals surface area contributed by atoms with Crippen LogP contribution in [-0.4, -0.2) is 86.7 Å². The van der Waals surface area contributed by atoms with Gasteiger partial charge in [-0.2, -0.15) is 0 Å². The Bertz CT molecular complexity index is 531. The number of carbonyl (C=O) groups is 1. The molecule has 6 heteroatoms. The number of carbonyl (C=O) groups excluding carboxylic acids is 1. The Kier molecular flexibility index (Phi) is 5.58. The van der Waals surface area contributed by atoms with Crippen LogP contribution >= 0.6 is 0 Å². The number of rotatable bonds is 3. The predicted molar refractivity (Wildman–Crippen MR) is 98.9 cm³/mol. The van der Waals surface area contributed by atoms with Crippen molar-refractivity contribution in [1.82, 2.24) is 14.7 Å². The Morgan fingerprint density at radius 1 is 0.958 bits per heavy atom. The smallest absolute Gasteiger partial charge is 0.321 e. The van der Waals surface area contributed by atoms with Crippen LogP contribution < -0.4 is 10.2 Å². The minimum absolute atomic E-state index is 0.0121. The van der Waals surface area contributed by atoms with Crippen molar-refractivity contribution in [1.29, 1.82) is 0 Å². The van der Waals surface area contributed by atoms with Gasteiger partial charge in [-0.15, -0.1) is 0 Å². The van der Waals surface area contributed by atoms with Crippen LogP contribution in [0.1, 0.15) is 6.92 Å². The van der Waals surface area contributed by atoms with Crippen LogP contribution in [0.2, 0.25) is 0 Å². The maximum absolute atomic E-state index is 12.4. The number of benzene rings is 1. The van der Waals surface area contributed by atoms with Crippen LogP contribution in [0, 0.1) is 0 Å². The molecular weight excluding hydrogens is 302 g/mol. The standard InChI is InChI=1S/C18H29N5O/c1-3-21-10-14-23(15-11-21)18(24)19-16-4-6-17(7-5-16)22-12-8-20(2)9-13-22/h4-7H,3,8-15H2,1-2H3,(H,19,24). The number of hydrogen-bond acceptors (Lipinski definition) is 4. The van der Waals surface area contributed by atoms with Crippen molar-refractivity contribution in [2.45, 2.75) is 6.92 Å². The molecule has 6 nitrogen and oxygen atoms in total. The van der Waals surface area contributed by atoms with Gasteiger partial charge in [0.05, 0.1) is 0 Å². The van der Waals surface area contributed by atoms with Gasteiger partial charge >= 0.3 is 6.03 Å². The molecule has 0 bridgehead atoms. The van der Waals surface area contributed by atoms with Crippen molar-refractivity contribution in [3.05, 3.63) is 24.3 Å². The number of urea groups is 1.